The lowest BCUT2D eigenvalue weighted by molar-refractivity contribution is 0.0657. The van der Waals surface area contributed by atoms with Gasteiger partial charge in [0.2, 0.25) is 11.8 Å². The summed E-state index contributed by atoms with van der Waals surface area (Å²) in [6.45, 7) is 6.18. The summed E-state index contributed by atoms with van der Waals surface area (Å²) in [4.78, 5) is 16.0. The average Bonchev–Trinajstić information content (AvgIpc) is 3.63. The van der Waals surface area contributed by atoms with Crippen molar-refractivity contribution in [2.24, 2.45) is 0 Å². The summed E-state index contributed by atoms with van der Waals surface area (Å²) in [7, 11) is 0. The molecule has 2 atom stereocenters. The number of aromatic nitrogens is 6. The van der Waals surface area contributed by atoms with Crippen molar-refractivity contribution in [2.75, 3.05) is 13.2 Å². The van der Waals surface area contributed by atoms with Gasteiger partial charge in [0.25, 0.3) is 0 Å². The highest BCUT2D eigenvalue weighted by molar-refractivity contribution is 5.85. The molecule has 0 bridgehead atoms. The van der Waals surface area contributed by atoms with Gasteiger partial charge in [0.1, 0.15) is 11.6 Å². The van der Waals surface area contributed by atoms with Crippen LogP contribution in [0.1, 0.15) is 48.9 Å². The molecule has 6 rings (SSSR count). The summed E-state index contributed by atoms with van der Waals surface area (Å²) in [5.41, 5.74) is 3.87. The molecule has 0 spiro atoms. The second-order valence-corrected chi connectivity index (χ2v) is 9.04. The van der Waals surface area contributed by atoms with E-state index >= 15 is 0 Å². The molecule has 0 saturated carbocycles. The van der Waals surface area contributed by atoms with Crippen LogP contribution >= 0.6 is 0 Å². The van der Waals surface area contributed by atoms with Gasteiger partial charge in [0, 0.05) is 25.9 Å². The van der Waals surface area contributed by atoms with E-state index in [-0.39, 0.29) is 19.9 Å². The molecule has 1 unspecified atom stereocenters. The predicted molar refractivity (Wildman–Crippen MR) is 133 cm³/mol. The van der Waals surface area contributed by atoms with Crippen LogP contribution in [0.25, 0.3) is 22.3 Å². The van der Waals surface area contributed by atoms with Gasteiger partial charge in [-0.3, -0.25) is 5.32 Å². The number of nitrogens with zero attached hydrogens (tertiary/aromatic N) is 4. The molecule has 4 aromatic heterocycles. The van der Waals surface area contributed by atoms with Crippen LogP contribution in [0.3, 0.4) is 0 Å². The number of hydrogen-bond acceptors (Lipinski definition) is 7. The Morgan fingerprint density at radius 1 is 1.17 bits per heavy atom. The molecule has 1 aliphatic heterocycles. The van der Waals surface area contributed by atoms with Crippen LogP contribution in [0.4, 0.5) is 4.39 Å². The minimum absolute atomic E-state index is 0. The van der Waals surface area contributed by atoms with Crippen LogP contribution in [-0.2, 0) is 16.7 Å². The van der Waals surface area contributed by atoms with Crippen LogP contribution in [0.2, 0.25) is 0 Å². The molecule has 0 radical (unpaired) electrons. The Balaban J connectivity index is 0.00000280. The summed E-state index contributed by atoms with van der Waals surface area (Å²) in [5.74, 6) is 1.28. The molecule has 10 heteroatoms. The average molecular weight is 490 g/mol. The van der Waals surface area contributed by atoms with Gasteiger partial charge in [0.05, 0.1) is 41.6 Å². The first kappa shape index (κ1) is 22.6. The van der Waals surface area contributed by atoms with E-state index in [0.717, 1.165) is 28.0 Å². The Hall–Kier alpha value is -3.89. The molecule has 0 fully saturated rings. The van der Waals surface area contributed by atoms with Crippen molar-refractivity contribution in [2.45, 2.75) is 38.8 Å². The molecule has 36 heavy (non-hydrogen) atoms. The Morgan fingerprint density at radius 3 is 2.81 bits per heavy atom. The zero-order valence-electron chi connectivity index (χ0n) is 20.2. The smallest absolute Gasteiger partial charge is 0.244 e. The van der Waals surface area contributed by atoms with Gasteiger partial charge in [0.15, 0.2) is 5.54 Å². The number of benzene rings is 1. The fourth-order valence-corrected chi connectivity index (χ4v) is 4.97. The van der Waals surface area contributed by atoms with E-state index in [2.05, 4.69) is 47.6 Å². The highest BCUT2D eigenvalue weighted by atomic mass is 19.1. The van der Waals surface area contributed by atoms with Gasteiger partial charge in [-0.05, 0) is 44.0 Å². The number of H-pyrrole nitrogens is 2. The number of aromatic amines is 2. The second-order valence-electron chi connectivity index (χ2n) is 9.04. The lowest BCUT2D eigenvalue weighted by atomic mass is 9.83. The molecule has 1 aliphatic rings. The largest absolute Gasteiger partial charge is 0.423 e. The molecule has 0 aliphatic carbocycles. The van der Waals surface area contributed by atoms with Crippen molar-refractivity contribution in [1.29, 1.82) is 0 Å². The molecular weight excluding hydrogens is 461 g/mol. The molecule has 3 N–H and O–H groups in total. The fraction of sp³-hybridized carbons (Fsp3) is 0.308. The lowest BCUT2D eigenvalue weighted by Crippen LogP contribution is -2.53. The van der Waals surface area contributed by atoms with E-state index < -0.39 is 5.54 Å². The Kier molecular flexibility index (Phi) is 5.42. The number of halogens is 1. The molecule has 5 heterocycles. The number of hydrogen-bond donors (Lipinski definition) is 3. The van der Waals surface area contributed by atoms with Crippen molar-refractivity contribution >= 4 is 10.9 Å². The third kappa shape index (κ3) is 3.61. The summed E-state index contributed by atoms with van der Waals surface area (Å²) in [5, 5.41) is 13.4. The Bertz CT molecular complexity index is 1560. The lowest BCUT2D eigenvalue weighted by Gasteiger charge is -2.39. The quantitative estimate of drug-likeness (QED) is 0.321. The van der Waals surface area contributed by atoms with Gasteiger partial charge < -0.3 is 19.1 Å². The van der Waals surface area contributed by atoms with Crippen LogP contribution in [-0.4, -0.2) is 43.3 Å². The first-order valence-electron chi connectivity index (χ1n) is 11.9. The van der Waals surface area contributed by atoms with Crippen molar-refractivity contribution < 1.29 is 15.0 Å². The highest BCUT2D eigenvalue weighted by Gasteiger charge is 2.49. The molecule has 9 nitrogen and oxygen atoms in total. The van der Waals surface area contributed by atoms with E-state index in [0.29, 0.717) is 41.9 Å². The summed E-state index contributed by atoms with van der Waals surface area (Å²) in [6.07, 6.45) is 2.39. The van der Waals surface area contributed by atoms with Gasteiger partial charge in [-0.1, -0.05) is 18.2 Å². The molecule has 1 aromatic carbocycles. The van der Waals surface area contributed by atoms with Gasteiger partial charge in [-0.2, -0.15) is 0 Å². The topological polar surface area (TPSA) is 118 Å². The first-order chi connectivity index (χ1) is 17.5. The molecule has 0 saturated heterocycles. The maximum absolute atomic E-state index is 13.8. The van der Waals surface area contributed by atoms with E-state index in [9.17, 15) is 4.39 Å². The SMILES string of the molecule is CCOC[C@@]1(c2nnc(C)o2)NC(c2ncc(-c3ccc(F)c(C)n3)[nH]2)Cc2c1[nH]c1ccccc21.[HH]. The van der Waals surface area contributed by atoms with E-state index in [1.807, 2.05) is 19.1 Å². The number of rotatable bonds is 6. The number of imidazole rings is 1. The Labute approximate surface area is 208 Å². The van der Waals surface area contributed by atoms with Gasteiger partial charge >= 0.3 is 0 Å². The van der Waals surface area contributed by atoms with Crippen molar-refractivity contribution in [3.63, 3.8) is 0 Å². The molecular formula is C26H28FN7O2. The third-order valence-electron chi connectivity index (χ3n) is 6.71. The van der Waals surface area contributed by atoms with Gasteiger partial charge in [-0.25, -0.2) is 14.4 Å². The fourth-order valence-electron chi connectivity index (χ4n) is 4.97. The number of ether oxygens (including phenoxy) is 1. The third-order valence-corrected chi connectivity index (χ3v) is 6.71. The number of fused-ring (bicyclic) bond motifs is 3. The minimum Gasteiger partial charge on any atom is -0.423 e. The second kappa shape index (κ2) is 8.65. The molecule has 0 amide bonds. The minimum atomic E-state index is -0.911. The molecule has 186 valence electrons. The summed E-state index contributed by atoms with van der Waals surface area (Å²) in [6, 6.07) is 11.0. The van der Waals surface area contributed by atoms with Crippen LogP contribution in [0, 0.1) is 19.7 Å². The maximum atomic E-state index is 13.8. The number of nitrogens with one attached hydrogen (secondary N) is 3. The van der Waals surface area contributed by atoms with Crippen LogP contribution < -0.4 is 5.32 Å². The normalized spacial score (nSPS) is 19.6. The maximum Gasteiger partial charge on any atom is 0.244 e. The predicted octanol–water partition coefficient (Wildman–Crippen LogP) is 4.51. The van der Waals surface area contributed by atoms with E-state index in [1.165, 1.54) is 6.07 Å². The monoisotopic (exact) mass is 489 g/mol. The van der Waals surface area contributed by atoms with Crippen LogP contribution in [0.5, 0.6) is 0 Å². The van der Waals surface area contributed by atoms with Crippen LogP contribution in [0.15, 0.2) is 47.0 Å². The number of para-hydroxylation sites is 1. The van der Waals surface area contributed by atoms with E-state index in [1.54, 1.807) is 26.1 Å². The zero-order chi connectivity index (χ0) is 24.9. The van der Waals surface area contributed by atoms with Crippen molar-refractivity contribution in [3.8, 4) is 11.4 Å². The van der Waals surface area contributed by atoms with Crippen molar-refractivity contribution in [1.82, 2.24) is 35.5 Å². The van der Waals surface area contributed by atoms with E-state index in [4.69, 9.17) is 9.15 Å². The van der Waals surface area contributed by atoms with Gasteiger partial charge in [-0.15, -0.1) is 10.2 Å². The summed E-state index contributed by atoms with van der Waals surface area (Å²) >= 11 is 0. The number of aryl methyl sites for hydroxylation is 2. The zero-order valence-corrected chi connectivity index (χ0v) is 20.2. The van der Waals surface area contributed by atoms with Crippen molar-refractivity contribution in [3.05, 3.63) is 83.0 Å². The standard InChI is InChI=1S/C26H26FN7O2.H2/c1-4-35-13-26(25-34-33-15(3)36-25)23-17(16-7-5-6-8-19(16)30-23)11-21(32-26)24-28-12-22(31-24)20-10-9-18(27)14(2)29-20;/h5-10,12,21,30,32H,4,11,13H2,1-3H3,(H,28,31);1H/t21?,26-;/m1./s1. The number of pyridine rings is 1. The first-order valence-corrected chi connectivity index (χ1v) is 11.9. The highest BCUT2D eigenvalue weighted by Crippen LogP contribution is 2.42. The molecule has 5 aromatic rings. The summed E-state index contributed by atoms with van der Waals surface area (Å²) < 4.78 is 25.8. The Morgan fingerprint density at radius 2 is 2.03 bits per heavy atom.